The zero-order valence-electron chi connectivity index (χ0n) is 13.0. The second-order valence-electron chi connectivity index (χ2n) is 6.97. The number of carbonyl (C=O) groups excluding carboxylic acids is 2. The number of imide groups is 1. The van der Waals surface area contributed by atoms with Gasteiger partial charge in [0.25, 0.3) is 5.91 Å². The number of urea groups is 1. The van der Waals surface area contributed by atoms with Crippen LogP contribution in [0.3, 0.4) is 0 Å². The molecule has 1 heterocycles. The van der Waals surface area contributed by atoms with E-state index >= 15 is 0 Å². The van der Waals surface area contributed by atoms with E-state index in [2.05, 4.69) is 23.6 Å². The predicted molar refractivity (Wildman–Crippen MR) is 85.8 cm³/mol. The first-order valence-electron chi connectivity index (χ1n) is 8.09. The Balaban J connectivity index is 1.80. The van der Waals surface area contributed by atoms with Gasteiger partial charge in [-0.15, -0.1) is 0 Å². The highest BCUT2D eigenvalue weighted by Gasteiger charge is 2.55. The van der Waals surface area contributed by atoms with E-state index in [0.29, 0.717) is 17.4 Å². The fourth-order valence-corrected chi connectivity index (χ4v) is 4.17. The van der Waals surface area contributed by atoms with Gasteiger partial charge in [-0.2, -0.15) is 0 Å². The van der Waals surface area contributed by atoms with Gasteiger partial charge in [-0.3, -0.25) is 10.1 Å². The van der Waals surface area contributed by atoms with Crippen LogP contribution in [0.15, 0.2) is 36.4 Å². The molecule has 3 aliphatic rings. The minimum atomic E-state index is -1.32. The first kappa shape index (κ1) is 13.7. The largest absolute Gasteiger partial charge is 0.322 e. The second-order valence-corrected chi connectivity index (χ2v) is 6.97. The molecule has 2 aromatic rings. The quantitative estimate of drug-likeness (QED) is 0.793. The van der Waals surface area contributed by atoms with Gasteiger partial charge in [0.15, 0.2) is 5.54 Å². The van der Waals surface area contributed by atoms with Crippen LogP contribution in [-0.4, -0.2) is 11.9 Å². The highest BCUT2D eigenvalue weighted by molar-refractivity contribution is 6.13. The van der Waals surface area contributed by atoms with Crippen molar-refractivity contribution in [1.29, 1.82) is 0 Å². The molecule has 1 aliphatic heterocycles. The van der Waals surface area contributed by atoms with Crippen molar-refractivity contribution in [3.63, 3.8) is 0 Å². The molecule has 5 rings (SSSR count). The van der Waals surface area contributed by atoms with Crippen molar-refractivity contribution in [2.24, 2.45) is 5.92 Å². The lowest BCUT2D eigenvalue weighted by Gasteiger charge is -2.23. The summed E-state index contributed by atoms with van der Waals surface area (Å²) < 4.78 is 13.9. The van der Waals surface area contributed by atoms with E-state index in [1.807, 2.05) is 12.1 Å². The molecular formula is C19H15FN2O2. The lowest BCUT2D eigenvalue weighted by atomic mass is 9.86. The van der Waals surface area contributed by atoms with Gasteiger partial charge in [-0.25, -0.2) is 9.18 Å². The van der Waals surface area contributed by atoms with Gasteiger partial charge in [0.1, 0.15) is 5.82 Å². The Bertz CT molecular complexity index is 939. The summed E-state index contributed by atoms with van der Waals surface area (Å²) in [6.07, 6.45) is 1.13. The van der Waals surface area contributed by atoms with Crippen molar-refractivity contribution in [3.05, 3.63) is 58.9 Å². The van der Waals surface area contributed by atoms with Crippen LogP contribution >= 0.6 is 0 Å². The fraction of sp³-hybridized carbons (Fsp3) is 0.263. The van der Waals surface area contributed by atoms with Crippen molar-refractivity contribution in [1.82, 2.24) is 10.6 Å². The van der Waals surface area contributed by atoms with Crippen molar-refractivity contribution >= 4 is 11.9 Å². The van der Waals surface area contributed by atoms with E-state index in [4.69, 9.17) is 0 Å². The molecule has 5 heteroatoms. The van der Waals surface area contributed by atoms with E-state index in [0.717, 1.165) is 23.1 Å². The maximum Gasteiger partial charge on any atom is 0.322 e. The zero-order valence-corrected chi connectivity index (χ0v) is 13.0. The molecule has 3 amide bonds. The molecule has 0 radical (unpaired) electrons. The summed E-state index contributed by atoms with van der Waals surface area (Å²) >= 11 is 0. The minimum Gasteiger partial charge on any atom is -0.316 e. The highest BCUT2D eigenvalue weighted by Crippen LogP contribution is 2.53. The minimum absolute atomic E-state index is 0.425. The Labute approximate surface area is 138 Å². The monoisotopic (exact) mass is 322 g/mol. The van der Waals surface area contributed by atoms with Crippen LogP contribution < -0.4 is 10.6 Å². The number of halogens is 1. The third-order valence-electron chi connectivity index (χ3n) is 5.53. The molecule has 120 valence electrons. The predicted octanol–water partition coefficient (Wildman–Crippen LogP) is 3.01. The lowest BCUT2D eigenvalue weighted by molar-refractivity contribution is -0.122. The molecule has 1 spiro atoms. The molecule has 4 nitrogen and oxygen atoms in total. The lowest BCUT2D eigenvalue weighted by Crippen LogP contribution is -2.43. The van der Waals surface area contributed by atoms with Gasteiger partial charge in [-0.05, 0) is 52.6 Å². The van der Waals surface area contributed by atoms with E-state index in [1.54, 1.807) is 6.07 Å². The molecule has 0 aromatic heterocycles. The van der Waals surface area contributed by atoms with E-state index in [9.17, 15) is 14.0 Å². The first-order valence-corrected chi connectivity index (χ1v) is 8.09. The number of fused-ring (bicyclic) bond motifs is 5. The van der Waals surface area contributed by atoms with Gasteiger partial charge < -0.3 is 5.32 Å². The Kier molecular flexibility index (Phi) is 2.42. The number of nitrogens with one attached hydrogen (secondary N) is 2. The number of amides is 3. The number of rotatable bonds is 1. The third-order valence-corrected chi connectivity index (χ3v) is 5.53. The summed E-state index contributed by atoms with van der Waals surface area (Å²) in [4.78, 5) is 24.6. The van der Waals surface area contributed by atoms with Crippen molar-refractivity contribution in [2.45, 2.75) is 24.8 Å². The highest BCUT2D eigenvalue weighted by atomic mass is 19.1. The fourth-order valence-electron chi connectivity index (χ4n) is 4.17. The molecule has 2 fully saturated rings. The van der Waals surface area contributed by atoms with Gasteiger partial charge in [-0.1, -0.05) is 31.2 Å². The summed E-state index contributed by atoms with van der Waals surface area (Å²) in [5.41, 5.74) is 2.75. The number of benzene rings is 2. The second kappa shape index (κ2) is 4.23. The first-order chi connectivity index (χ1) is 11.5. The average Bonchev–Trinajstić information content (AvgIpc) is 3.12. The van der Waals surface area contributed by atoms with Gasteiger partial charge in [0.2, 0.25) is 0 Å². The molecule has 2 aromatic carbocycles. The van der Waals surface area contributed by atoms with Crippen LogP contribution in [-0.2, 0) is 10.3 Å². The molecular weight excluding hydrogens is 307 g/mol. The van der Waals surface area contributed by atoms with E-state index in [1.165, 1.54) is 17.7 Å². The number of hydrogen-bond acceptors (Lipinski definition) is 2. The zero-order chi connectivity index (χ0) is 16.6. The topological polar surface area (TPSA) is 58.2 Å². The number of carbonyl (C=O) groups is 2. The normalized spacial score (nSPS) is 29.2. The van der Waals surface area contributed by atoms with E-state index in [-0.39, 0.29) is 0 Å². The van der Waals surface area contributed by atoms with Crippen LogP contribution in [0.5, 0.6) is 0 Å². The molecule has 2 unspecified atom stereocenters. The van der Waals surface area contributed by atoms with Crippen molar-refractivity contribution < 1.29 is 14.0 Å². The van der Waals surface area contributed by atoms with Crippen LogP contribution in [0.25, 0.3) is 11.1 Å². The average molecular weight is 322 g/mol. The number of hydrogen-bond donors (Lipinski definition) is 2. The molecule has 2 aliphatic carbocycles. The van der Waals surface area contributed by atoms with Crippen molar-refractivity contribution in [3.8, 4) is 11.1 Å². The van der Waals surface area contributed by atoms with Crippen LogP contribution in [0, 0.1) is 11.7 Å². The van der Waals surface area contributed by atoms with Gasteiger partial charge >= 0.3 is 6.03 Å². The molecule has 2 N–H and O–H groups in total. The summed E-state index contributed by atoms with van der Waals surface area (Å²) in [6, 6.07) is 9.93. The molecule has 0 bridgehead atoms. The van der Waals surface area contributed by atoms with Crippen LogP contribution in [0.4, 0.5) is 9.18 Å². The standard InChI is InChI=1S/C19H15FN2O2/c1-9-6-14(9)10-2-4-12-13-5-3-11(20)8-16(13)19(15(12)7-10)17(23)21-18(24)22-19/h2-5,7-9,14H,6H2,1H3,(H2,21,22,23,24)/t9-,14?,19?/m0/s1. The molecule has 24 heavy (non-hydrogen) atoms. The Morgan fingerprint density at radius 1 is 1.08 bits per heavy atom. The smallest absolute Gasteiger partial charge is 0.316 e. The third kappa shape index (κ3) is 1.57. The summed E-state index contributed by atoms with van der Waals surface area (Å²) in [5, 5.41) is 5.06. The van der Waals surface area contributed by atoms with Gasteiger partial charge in [0, 0.05) is 5.56 Å². The summed E-state index contributed by atoms with van der Waals surface area (Å²) in [7, 11) is 0. The molecule has 1 saturated carbocycles. The maximum absolute atomic E-state index is 13.9. The molecule has 3 atom stereocenters. The van der Waals surface area contributed by atoms with Crippen LogP contribution in [0.2, 0.25) is 0 Å². The summed E-state index contributed by atoms with van der Waals surface area (Å²) in [6.45, 7) is 2.20. The van der Waals surface area contributed by atoms with Gasteiger partial charge in [0.05, 0.1) is 0 Å². The maximum atomic E-state index is 13.9. The molecule has 1 saturated heterocycles. The van der Waals surface area contributed by atoms with Crippen molar-refractivity contribution in [2.75, 3.05) is 0 Å². The SMILES string of the molecule is C[C@H]1CC1c1ccc2c(c1)C1(NC(=O)NC1=O)c1cc(F)ccc1-2. The van der Waals surface area contributed by atoms with E-state index < -0.39 is 23.3 Å². The Hall–Kier alpha value is -2.69. The Morgan fingerprint density at radius 3 is 2.38 bits per heavy atom. The Morgan fingerprint density at radius 2 is 1.75 bits per heavy atom. The van der Waals surface area contributed by atoms with Crippen LogP contribution in [0.1, 0.15) is 36.0 Å². The summed E-state index contributed by atoms with van der Waals surface area (Å²) in [5.74, 6) is 0.255.